The molecule has 0 amide bonds. The molecule has 2 aliphatic rings. The number of hydrogen-bond donors (Lipinski definition) is 0. The van der Waals surface area contributed by atoms with Gasteiger partial charge in [-0.15, -0.1) is 24.9 Å². The van der Waals surface area contributed by atoms with Crippen LogP contribution in [0.15, 0.2) is 82.5 Å². The zero-order chi connectivity index (χ0) is 27.0. The molecule has 0 fully saturated rings. The number of halogens is 5. The molecule has 6 nitrogen and oxygen atoms in total. The van der Waals surface area contributed by atoms with Crippen LogP contribution in [0.5, 0.6) is 5.75 Å². The van der Waals surface area contributed by atoms with Crippen LogP contribution in [0.3, 0.4) is 0 Å². The molecule has 0 bridgehead atoms. The van der Waals surface area contributed by atoms with Gasteiger partial charge in [-0.05, 0) is 72.5 Å². The minimum atomic E-state index is -4.79. The van der Waals surface area contributed by atoms with Crippen LogP contribution in [0.2, 0.25) is 10.0 Å². The summed E-state index contributed by atoms with van der Waals surface area (Å²) in [5, 5.41) is 9.94. The standard InChI is InChI=1S/C26H17Cl2F3N4O2S/c1-38-19-9-5-17(6-10-19)35-23(20-11-4-16(27)12-21(20)28)13-22-24(33-35)25(36)34(32-22)14-15-2-7-18(8-3-15)37-26(29,30)31/h2-13H,14H2,1H3. The Balaban J connectivity index is 1.59. The van der Waals surface area contributed by atoms with Crippen LogP contribution < -0.4 is 10.3 Å². The molecule has 194 valence electrons. The molecule has 3 aromatic carbocycles. The van der Waals surface area contributed by atoms with Crippen LogP contribution in [0.1, 0.15) is 5.56 Å². The topological polar surface area (TPSA) is 61.9 Å². The van der Waals surface area contributed by atoms with E-state index in [1.54, 1.807) is 40.7 Å². The first-order valence-electron chi connectivity index (χ1n) is 11.1. The fourth-order valence-corrected chi connectivity index (χ4v) is 4.79. The van der Waals surface area contributed by atoms with E-state index < -0.39 is 11.9 Å². The minimum Gasteiger partial charge on any atom is -0.406 e. The number of aromatic nitrogens is 4. The first-order valence-corrected chi connectivity index (χ1v) is 13.0. The molecule has 0 saturated heterocycles. The van der Waals surface area contributed by atoms with Crippen molar-refractivity contribution in [3.05, 3.63) is 98.8 Å². The Labute approximate surface area is 228 Å². The summed E-state index contributed by atoms with van der Waals surface area (Å²) in [6.45, 7) is 0.0287. The number of rotatable bonds is 6. The molecule has 3 aromatic rings. The number of hydrogen-bond acceptors (Lipinski definition) is 5. The highest BCUT2D eigenvalue weighted by atomic mass is 35.5. The summed E-state index contributed by atoms with van der Waals surface area (Å²) in [4.78, 5) is 14.3. The van der Waals surface area contributed by atoms with Crippen molar-refractivity contribution in [2.24, 2.45) is 0 Å². The third-order valence-electron chi connectivity index (χ3n) is 5.62. The van der Waals surface area contributed by atoms with Gasteiger partial charge in [0.1, 0.15) is 11.4 Å². The fraction of sp³-hybridized carbons (Fsp3) is 0.115. The lowest BCUT2D eigenvalue weighted by atomic mass is 10.1. The molecule has 0 saturated carbocycles. The predicted molar refractivity (Wildman–Crippen MR) is 142 cm³/mol. The van der Waals surface area contributed by atoms with Gasteiger partial charge in [-0.3, -0.25) is 4.79 Å². The minimum absolute atomic E-state index is 0.0287. The number of alkyl halides is 3. The molecular weight excluding hydrogens is 560 g/mol. The molecule has 5 rings (SSSR count). The average molecular weight is 577 g/mol. The maximum atomic E-state index is 13.2. The van der Waals surface area contributed by atoms with Crippen molar-refractivity contribution < 1.29 is 17.9 Å². The van der Waals surface area contributed by atoms with Crippen molar-refractivity contribution in [3.63, 3.8) is 0 Å². The van der Waals surface area contributed by atoms with Gasteiger partial charge in [0.25, 0.3) is 5.56 Å². The van der Waals surface area contributed by atoms with Crippen LogP contribution in [-0.2, 0) is 6.54 Å². The second-order valence-corrected chi connectivity index (χ2v) is 9.88. The molecule has 2 aliphatic heterocycles. The zero-order valence-corrected chi connectivity index (χ0v) is 21.9. The number of benzene rings is 3. The van der Waals surface area contributed by atoms with Gasteiger partial charge in [-0.25, -0.2) is 9.36 Å². The predicted octanol–water partition coefficient (Wildman–Crippen LogP) is 7.18. The van der Waals surface area contributed by atoms with E-state index in [1.165, 1.54) is 28.9 Å². The summed E-state index contributed by atoms with van der Waals surface area (Å²) in [7, 11) is 0. The first kappa shape index (κ1) is 26.1. The van der Waals surface area contributed by atoms with Crippen molar-refractivity contribution >= 4 is 35.0 Å². The maximum absolute atomic E-state index is 13.2. The van der Waals surface area contributed by atoms with Gasteiger partial charge < -0.3 is 4.74 Å². The average Bonchev–Trinajstić information content (AvgIpc) is 3.18. The zero-order valence-electron chi connectivity index (χ0n) is 19.5. The van der Waals surface area contributed by atoms with E-state index in [4.69, 9.17) is 23.2 Å². The largest absolute Gasteiger partial charge is 0.573 e. The van der Waals surface area contributed by atoms with E-state index in [9.17, 15) is 18.0 Å². The number of nitrogens with zero attached hydrogens (tertiary/aromatic N) is 4. The van der Waals surface area contributed by atoms with Crippen molar-refractivity contribution in [2.45, 2.75) is 17.8 Å². The summed E-state index contributed by atoms with van der Waals surface area (Å²) in [6.07, 6.45) is -2.81. The van der Waals surface area contributed by atoms with Gasteiger partial charge in [0.2, 0.25) is 0 Å². The van der Waals surface area contributed by atoms with Crippen LogP contribution in [-0.4, -0.2) is 32.2 Å². The Morgan fingerprint density at radius 1 is 0.947 bits per heavy atom. The van der Waals surface area contributed by atoms with Gasteiger partial charge in [-0.2, -0.15) is 10.2 Å². The Morgan fingerprint density at radius 2 is 1.66 bits per heavy atom. The van der Waals surface area contributed by atoms with Gasteiger partial charge in [-0.1, -0.05) is 35.3 Å². The van der Waals surface area contributed by atoms with E-state index in [2.05, 4.69) is 14.9 Å². The maximum Gasteiger partial charge on any atom is 0.573 e. The lowest BCUT2D eigenvalue weighted by molar-refractivity contribution is -0.274. The van der Waals surface area contributed by atoms with Crippen LogP contribution in [0.25, 0.3) is 28.3 Å². The van der Waals surface area contributed by atoms with Crippen molar-refractivity contribution in [1.29, 1.82) is 0 Å². The van der Waals surface area contributed by atoms with E-state index >= 15 is 0 Å². The molecule has 38 heavy (non-hydrogen) atoms. The smallest absolute Gasteiger partial charge is 0.406 e. The van der Waals surface area contributed by atoms with E-state index in [0.29, 0.717) is 38.2 Å². The Hall–Kier alpha value is -3.47. The van der Waals surface area contributed by atoms with E-state index in [0.717, 1.165) is 4.90 Å². The lowest BCUT2D eigenvalue weighted by Crippen LogP contribution is -2.19. The normalized spacial score (nSPS) is 11.7. The Bertz CT molecular complexity index is 1630. The van der Waals surface area contributed by atoms with Crippen molar-refractivity contribution in [3.8, 4) is 34.1 Å². The highest BCUT2D eigenvalue weighted by Gasteiger charge is 2.31. The molecular formula is C26H17Cl2F3N4O2S. The third kappa shape index (κ3) is 5.52. The summed E-state index contributed by atoms with van der Waals surface area (Å²) in [6, 6.07) is 19.7. The monoisotopic (exact) mass is 576 g/mol. The van der Waals surface area contributed by atoms with Crippen molar-refractivity contribution in [1.82, 2.24) is 19.6 Å². The van der Waals surface area contributed by atoms with Gasteiger partial charge in [0.15, 0.2) is 5.69 Å². The fourth-order valence-electron chi connectivity index (χ4n) is 3.88. The van der Waals surface area contributed by atoms with Crippen molar-refractivity contribution in [2.75, 3.05) is 6.26 Å². The Kier molecular flexibility index (Phi) is 7.13. The van der Waals surface area contributed by atoms with E-state index in [1.807, 2.05) is 30.5 Å². The molecule has 12 heteroatoms. The van der Waals surface area contributed by atoms with Crippen LogP contribution in [0.4, 0.5) is 13.2 Å². The summed E-state index contributed by atoms with van der Waals surface area (Å²) >= 11 is 14.2. The molecule has 0 aromatic heterocycles. The third-order valence-corrected chi connectivity index (χ3v) is 6.91. The summed E-state index contributed by atoms with van der Waals surface area (Å²) < 4.78 is 44.1. The second kappa shape index (κ2) is 10.4. The molecule has 0 atom stereocenters. The summed E-state index contributed by atoms with van der Waals surface area (Å²) in [5.74, 6) is -0.353. The van der Waals surface area contributed by atoms with Crippen LogP contribution in [0, 0.1) is 0 Å². The second-order valence-electron chi connectivity index (χ2n) is 8.15. The molecule has 2 heterocycles. The molecule has 0 unspecified atom stereocenters. The number of fused-ring (bicyclic) bond motifs is 1. The number of ether oxygens (including phenoxy) is 1. The van der Waals surface area contributed by atoms with Gasteiger partial charge >= 0.3 is 6.36 Å². The summed E-state index contributed by atoms with van der Waals surface area (Å²) in [5.41, 5.74) is 2.52. The molecule has 0 N–H and O–H groups in total. The molecule has 0 radical (unpaired) electrons. The highest BCUT2D eigenvalue weighted by Crippen LogP contribution is 2.34. The quantitative estimate of drug-likeness (QED) is 0.200. The molecule has 0 aliphatic carbocycles. The SMILES string of the molecule is CSc1ccc(-n2nc3c(=O)n(Cc4ccc(OC(F)(F)F)cc4)nc-3cc2-c2ccc(Cl)cc2Cl)cc1. The molecule has 0 spiro atoms. The lowest BCUT2D eigenvalue weighted by Gasteiger charge is -2.15. The highest BCUT2D eigenvalue weighted by molar-refractivity contribution is 7.98. The first-order chi connectivity index (χ1) is 18.1. The van der Waals surface area contributed by atoms with Gasteiger partial charge in [0, 0.05) is 15.5 Å². The van der Waals surface area contributed by atoms with Gasteiger partial charge in [0.05, 0.1) is 22.9 Å². The van der Waals surface area contributed by atoms with Crippen LogP contribution >= 0.6 is 35.0 Å². The van der Waals surface area contributed by atoms with E-state index in [-0.39, 0.29) is 18.0 Å². The Morgan fingerprint density at radius 3 is 2.29 bits per heavy atom. The number of thioether (sulfide) groups is 1.